The summed E-state index contributed by atoms with van der Waals surface area (Å²) in [6, 6.07) is 0. The molecule has 7 heteroatoms. The van der Waals surface area contributed by atoms with Crippen LogP contribution in [-0.4, -0.2) is 20.1 Å². The molecule has 0 saturated heterocycles. The Bertz CT molecular complexity index is 809. The van der Waals surface area contributed by atoms with Gasteiger partial charge in [0.2, 0.25) is 5.89 Å². The molecular formula is C14H16N4OS2. The second-order valence-electron chi connectivity index (χ2n) is 4.98. The third kappa shape index (κ3) is 2.67. The summed E-state index contributed by atoms with van der Waals surface area (Å²) in [7, 11) is 0. The summed E-state index contributed by atoms with van der Waals surface area (Å²) >= 11 is 3.36. The first-order valence-electron chi connectivity index (χ1n) is 6.67. The van der Waals surface area contributed by atoms with Gasteiger partial charge in [-0.2, -0.15) is 4.98 Å². The Morgan fingerprint density at radius 2 is 1.81 bits per heavy atom. The summed E-state index contributed by atoms with van der Waals surface area (Å²) in [6.07, 6.45) is 0. The number of thioether (sulfide) groups is 1. The highest BCUT2D eigenvalue weighted by molar-refractivity contribution is 7.99. The first-order valence-corrected chi connectivity index (χ1v) is 8.36. The van der Waals surface area contributed by atoms with E-state index < -0.39 is 0 Å². The Hall–Kier alpha value is -1.47. The molecule has 3 heterocycles. The molecule has 0 aliphatic rings. The number of aryl methyl sites for hydroxylation is 4. The molecule has 1 atom stereocenters. The molecule has 0 amide bonds. The van der Waals surface area contributed by atoms with Crippen molar-refractivity contribution in [1.82, 2.24) is 20.1 Å². The Morgan fingerprint density at radius 3 is 2.48 bits per heavy atom. The zero-order valence-corrected chi connectivity index (χ0v) is 14.2. The number of hydrogen-bond donors (Lipinski definition) is 0. The monoisotopic (exact) mass is 320 g/mol. The Morgan fingerprint density at radius 1 is 1.05 bits per heavy atom. The van der Waals surface area contributed by atoms with Crippen molar-refractivity contribution in [3.63, 3.8) is 0 Å². The van der Waals surface area contributed by atoms with Gasteiger partial charge in [-0.05, 0) is 40.2 Å². The van der Waals surface area contributed by atoms with E-state index in [1.54, 1.807) is 23.1 Å². The minimum atomic E-state index is 0.0586. The van der Waals surface area contributed by atoms with Gasteiger partial charge in [0.15, 0.2) is 5.82 Å². The summed E-state index contributed by atoms with van der Waals surface area (Å²) in [6.45, 7) is 10.0. The zero-order valence-electron chi connectivity index (χ0n) is 12.6. The van der Waals surface area contributed by atoms with E-state index in [9.17, 15) is 0 Å². The lowest BCUT2D eigenvalue weighted by molar-refractivity contribution is 0.376. The first-order chi connectivity index (χ1) is 9.95. The predicted molar refractivity (Wildman–Crippen MR) is 84.9 cm³/mol. The van der Waals surface area contributed by atoms with Gasteiger partial charge in [-0.1, -0.05) is 16.9 Å². The van der Waals surface area contributed by atoms with Gasteiger partial charge >= 0.3 is 0 Å². The van der Waals surface area contributed by atoms with Crippen molar-refractivity contribution in [2.24, 2.45) is 0 Å². The normalized spacial score (nSPS) is 13.0. The van der Waals surface area contributed by atoms with E-state index in [-0.39, 0.29) is 5.25 Å². The quantitative estimate of drug-likeness (QED) is 0.533. The van der Waals surface area contributed by atoms with E-state index in [0.717, 1.165) is 21.1 Å². The summed E-state index contributed by atoms with van der Waals surface area (Å²) in [5, 5.41) is 6.05. The van der Waals surface area contributed by atoms with Crippen LogP contribution >= 0.6 is 23.1 Å². The van der Waals surface area contributed by atoms with Gasteiger partial charge in [-0.3, -0.25) is 0 Å². The molecule has 0 saturated carbocycles. The van der Waals surface area contributed by atoms with Gasteiger partial charge in [0.05, 0.1) is 5.25 Å². The zero-order chi connectivity index (χ0) is 15.1. The van der Waals surface area contributed by atoms with E-state index in [4.69, 9.17) is 4.52 Å². The largest absolute Gasteiger partial charge is 0.338 e. The first kappa shape index (κ1) is 14.5. The summed E-state index contributed by atoms with van der Waals surface area (Å²) in [4.78, 5) is 15.8. The third-order valence-corrected chi connectivity index (χ3v) is 5.46. The van der Waals surface area contributed by atoms with Crippen molar-refractivity contribution < 1.29 is 4.52 Å². The average molecular weight is 320 g/mol. The van der Waals surface area contributed by atoms with Crippen molar-refractivity contribution in [3.05, 3.63) is 28.0 Å². The molecule has 0 aliphatic carbocycles. The molecule has 0 spiro atoms. The molecule has 0 aromatic carbocycles. The van der Waals surface area contributed by atoms with Crippen LogP contribution in [0.25, 0.3) is 10.2 Å². The molecule has 0 N–H and O–H groups in total. The predicted octanol–water partition coefficient (Wildman–Crippen LogP) is 4.16. The van der Waals surface area contributed by atoms with E-state index in [0.29, 0.717) is 11.7 Å². The molecule has 5 nitrogen and oxygen atoms in total. The average Bonchev–Trinajstić information content (AvgIpc) is 2.95. The van der Waals surface area contributed by atoms with Gasteiger partial charge in [0.25, 0.3) is 0 Å². The molecule has 21 heavy (non-hydrogen) atoms. The molecule has 0 bridgehead atoms. The van der Waals surface area contributed by atoms with E-state index in [1.165, 1.54) is 10.4 Å². The number of rotatable bonds is 3. The van der Waals surface area contributed by atoms with Crippen LogP contribution < -0.4 is 0 Å². The molecule has 0 radical (unpaired) electrons. The van der Waals surface area contributed by atoms with Crippen LogP contribution in [0.4, 0.5) is 0 Å². The molecule has 3 rings (SSSR count). The lowest BCUT2D eigenvalue weighted by Crippen LogP contribution is -1.95. The molecule has 0 aliphatic heterocycles. The summed E-state index contributed by atoms with van der Waals surface area (Å²) < 4.78 is 5.25. The maximum atomic E-state index is 5.25. The SMILES string of the molecule is Cc1noc(C(C)Sc2nc(C)nc3sc(C)c(C)c23)n1. The van der Waals surface area contributed by atoms with Crippen molar-refractivity contribution in [3.8, 4) is 0 Å². The van der Waals surface area contributed by atoms with Gasteiger partial charge in [0, 0.05) is 10.3 Å². The highest BCUT2D eigenvalue weighted by Crippen LogP contribution is 2.40. The second kappa shape index (κ2) is 5.38. The minimum absolute atomic E-state index is 0.0586. The summed E-state index contributed by atoms with van der Waals surface area (Å²) in [5.41, 5.74) is 1.26. The maximum Gasteiger partial charge on any atom is 0.239 e. The van der Waals surface area contributed by atoms with Crippen LogP contribution in [0.15, 0.2) is 9.55 Å². The number of thiophene rings is 1. The standard InChI is InChI=1S/C14H16N4OS2/c1-6-7(2)20-13-11(6)14(17-9(4)16-13)21-8(3)12-15-10(5)18-19-12/h8H,1-5H3. The molecule has 110 valence electrons. The van der Waals surface area contributed by atoms with Crippen LogP contribution in [0.1, 0.15) is 40.2 Å². The number of nitrogens with zero attached hydrogens (tertiary/aromatic N) is 4. The number of fused-ring (bicyclic) bond motifs is 1. The minimum Gasteiger partial charge on any atom is -0.338 e. The van der Waals surface area contributed by atoms with Crippen molar-refractivity contribution >= 4 is 33.3 Å². The van der Waals surface area contributed by atoms with Crippen LogP contribution in [-0.2, 0) is 0 Å². The van der Waals surface area contributed by atoms with Crippen molar-refractivity contribution in [1.29, 1.82) is 0 Å². The van der Waals surface area contributed by atoms with Gasteiger partial charge in [-0.25, -0.2) is 9.97 Å². The van der Waals surface area contributed by atoms with Crippen LogP contribution in [0, 0.1) is 27.7 Å². The fourth-order valence-electron chi connectivity index (χ4n) is 2.10. The fourth-order valence-corrected chi connectivity index (χ4v) is 4.32. The van der Waals surface area contributed by atoms with Crippen LogP contribution in [0.2, 0.25) is 0 Å². The molecule has 3 aromatic heterocycles. The van der Waals surface area contributed by atoms with Crippen molar-refractivity contribution in [2.45, 2.75) is 44.9 Å². The molecule has 3 aromatic rings. The van der Waals surface area contributed by atoms with E-state index in [1.807, 2.05) is 13.8 Å². The topological polar surface area (TPSA) is 64.7 Å². The lowest BCUT2D eigenvalue weighted by atomic mass is 10.2. The molecule has 0 fully saturated rings. The second-order valence-corrected chi connectivity index (χ2v) is 7.51. The Labute approximate surface area is 131 Å². The van der Waals surface area contributed by atoms with Crippen molar-refractivity contribution in [2.75, 3.05) is 0 Å². The fraction of sp³-hybridized carbons (Fsp3) is 0.429. The van der Waals surface area contributed by atoms with Gasteiger partial charge < -0.3 is 4.52 Å². The molecular weight excluding hydrogens is 304 g/mol. The number of hydrogen-bond acceptors (Lipinski definition) is 7. The maximum absolute atomic E-state index is 5.25. The van der Waals surface area contributed by atoms with E-state index in [2.05, 4.69) is 40.9 Å². The lowest BCUT2D eigenvalue weighted by Gasteiger charge is -2.08. The Balaban J connectivity index is 2.03. The van der Waals surface area contributed by atoms with Gasteiger partial charge in [-0.15, -0.1) is 11.3 Å². The smallest absolute Gasteiger partial charge is 0.239 e. The third-order valence-electron chi connectivity index (χ3n) is 3.29. The molecule has 1 unspecified atom stereocenters. The highest BCUT2D eigenvalue weighted by Gasteiger charge is 2.20. The van der Waals surface area contributed by atoms with Crippen LogP contribution in [0.3, 0.4) is 0 Å². The van der Waals surface area contributed by atoms with Crippen LogP contribution in [0.5, 0.6) is 0 Å². The highest BCUT2D eigenvalue weighted by atomic mass is 32.2. The van der Waals surface area contributed by atoms with Gasteiger partial charge in [0.1, 0.15) is 15.7 Å². The Kier molecular flexibility index (Phi) is 3.71. The van der Waals surface area contributed by atoms with E-state index >= 15 is 0 Å². The summed E-state index contributed by atoms with van der Waals surface area (Å²) in [5.74, 6) is 2.08. The number of aromatic nitrogens is 4.